The van der Waals surface area contributed by atoms with Crippen LogP contribution < -0.4 is 5.63 Å². The number of nitrogens with zero attached hydrogens (tertiary/aromatic N) is 1. The van der Waals surface area contributed by atoms with E-state index in [1.165, 1.54) is 11.0 Å². The minimum absolute atomic E-state index is 0.114. The highest BCUT2D eigenvalue weighted by atomic mass is 16.4. The predicted molar refractivity (Wildman–Crippen MR) is 120 cm³/mol. The molecule has 1 amide bonds. The summed E-state index contributed by atoms with van der Waals surface area (Å²) in [6.45, 7) is 4.69. The zero-order valence-corrected chi connectivity index (χ0v) is 19.5. The maximum absolute atomic E-state index is 12.3. The second-order valence-electron chi connectivity index (χ2n) is 11.7. The first kappa shape index (κ1) is 22.0. The van der Waals surface area contributed by atoms with Crippen LogP contribution in [0.3, 0.4) is 0 Å². The van der Waals surface area contributed by atoms with Crippen molar-refractivity contribution in [3.05, 3.63) is 34.4 Å². The topological polar surface area (TPSA) is 91.0 Å². The van der Waals surface area contributed by atoms with Crippen molar-refractivity contribution in [2.45, 2.75) is 89.2 Å². The van der Waals surface area contributed by atoms with Gasteiger partial charge in [-0.15, -0.1) is 0 Å². The number of fused-ring (bicyclic) bond motifs is 5. The third-order valence-electron chi connectivity index (χ3n) is 10.8. The number of aliphatic hydroxyl groups is 1. The molecule has 4 aliphatic rings. The Balaban J connectivity index is 1.41. The van der Waals surface area contributed by atoms with Gasteiger partial charge >= 0.3 is 11.7 Å². The SMILES string of the molecule is CN(C(=O)O)[C@H]1CC[C@@]2(C)[C@H](CC[C@@H]3[C@@H]2CC[C@]2(C)[C@@H](c4ccc(=O)oc4)CC[C@]32O)C1. The Morgan fingerprint density at radius 2 is 1.84 bits per heavy atom. The summed E-state index contributed by atoms with van der Waals surface area (Å²) in [6, 6.07) is 3.50. The molecule has 176 valence electrons. The molecule has 8 atom stereocenters. The van der Waals surface area contributed by atoms with Crippen molar-refractivity contribution in [1.29, 1.82) is 0 Å². The van der Waals surface area contributed by atoms with Gasteiger partial charge in [0.2, 0.25) is 0 Å². The number of carbonyl (C=O) groups is 1. The number of hydrogen-bond donors (Lipinski definition) is 2. The zero-order valence-electron chi connectivity index (χ0n) is 19.5. The Kier molecular flexibility index (Phi) is 5.05. The number of rotatable bonds is 2. The first-order chi connectivity index (χ1) is 15.1. The summed E-state index contributed by atoms with van der Waals surface area (Å²) in [5, 5.41) is 21.7. The molecule has 4 saturated carbocycles. The van der Waals surface area contributed by atoms with Gasteiger partial charge in [-0.1, -0.05) is 13.8 Å². The summed E-state index contributed by atoms with van der Waals surface area (Å²) in [5.74, 6) is 1.51. The van der Waals surface area contributed by atoms with Gasteiger partial charge in [-0.3, -0.25) is 0 Å². The van der Waals surface area contributed by atoms with Crippen molar-refractivity contribution in [3.63, 3.8) is 0 Å². The van der Waals surface area contributed by atoms with Gasteiger partial charge in [-0.05, 0) is 98.5 Å². The largest absolute Gasteiger partial charge is 0.465 e. The molecule has 0 aromatic carbocycles. The molecule has 1 heterocycles. The molecular formula is C26H37NO5. The van der Waals surface area contributed by atoms with Crippen molar-refractivity contribution in [3.8, 4) is 0 Å². The lowest BCUT2D eigenvalue weighted by Gasteiger charge is -2.64. The molecule has 32 heavy (non-hydrogen) atoms. The smallest absolute Gasteiger partial charge is 0.407 e. The molecule has 0 bridgehead atoms. The van der Waals surface area contributed by atoms with Crippen LogP contribution in [0.25, 0.3) is 0 Å². The van der Waals surface area contributed by atoms with Crippen LogP contribution in [0.1, 0.15) is 83.1 Å². The zero-order chi connectivity index (χ0) is 22.9. The number of amides is 1. The lowest BCUT2D eigenvalue weighted by atomic mass is 9.43. The Morgan fingerprint density at radius 1 is 1.06 bits per heavy atom. The van der Waals surface area contributed by atoms with Gasteiger partial charge in [0.25, 0.3) is 0 Å². The van der Waals surface area contributed by atoms with Crippen molar-refractivity contribution < 1.29 is 19.4 Å². The third-order valence-corrected chi connectivity index (χ3v) is 10.8. The van der Waals surface area contributed by atoms with E-state index in [2.05, 4.69) is 13.8 Å². The molecule has 0 saturated heterocycles. The molecular weight excluding hydrogens is 406 g/mol. The molecule has 0 radical (unpaired) electrons. The number of hydrogen-bond acceptors (Lipinski definition) is 4. The van der Waals surface area contributed by atoms with E-state index in [1.807, 2.05) is 6.07 Å². The monoisotopic (exact) mass is 443 g/mol. The minimum atomic E-state index is -0.830. The van der Waals surface area contributed by atoms with Gasteiger partial charge < -0.3 is 19.5 Å². The molecule has 1 aromatic rings. The Labute approximate surface area is 190 Å². The Bertz CT molecular complexity index is 939. The summed E-state index contributed by atoms with van der Waals surface area (Å²) >= 11 is 0. The van der Waals surface area contributed by atoms with Crippen molar-refractivity contribution >= 4 is 6.09 Å². The van der Waals surface area contributed by atoms with Crippen LogP contribution in [-0.2, 0) is 0 Å². The second kappa shape index (κ2) is 7.34. The van der Waals surface area contributed by atoms with Crippen LogP contribution in [0.4, 0.5) is 4.79 Å². The van der Waals surface area contributed by atoms with Gasteiger partial charge in [0.15, 0.2) is 0 Å². The van der Waals surface area contributed by atoms with E-state index < -0.39 is 11.7 Å². The normalized spacial score (nSPS) is 45.4. The van der Waals surface area contributed by atoms with E-state index in [9.17, 15) is 19.8 Å². The van der Waals surface area contributed by atoms with Gasteiger partial charge in [0.1, 0.15) is 0 Å². The lowest BCUT2D eigenvalue weighted by molar-refractivity contribution is -0.203. The van der Waals surface area contributed by atoms with Gasteiger partial charge in [0, 0.05) is 24.6 Å². The maximum Gasteiger partial charge on any atom is 0.407 e. The molecule has 4 aliphatic carbocycles. The van der Waals surface area contributed by atoms with Crippen LogP contribution in [0.15, 0.2) is 27.6 Å². The molecule has 2 N–H and O–H groups in total. The predicted octanol–water partition coefficient (Wildman–Crippen LogP) is 4.86. The summed E-state index contributed by atoms with van der Waals surface area (Å²) in [4.78, 5) is 24.5. The van der Waals surface area contributed by atoms with E-state index in [0.29, 0.717) is 11.8 Å². The molecule has 5 rings (SSSR count). The van der Waals surface area contributed by atoms with Crippen LogP contribution in [0, 0.1) is 28.6 Å². The fourth-order valence-corrected chi connectivity index (χ4v) is 8.81. The molecule has 4 fully saturated rings. The lowest BCUT2D eigenvalue weighted by Crippen LogP contribution is -2.62. The van der Waals surface area contributed by atoms with Crippen molar-refractivity contribution in [1.82, 2.24) is 4.90 Å². The standard InChI is InChI=1S/C26H37NO5/c1-24-11-8-18(27(3)23(29)30)14-17(24)5-6-21-20(24)9-12-25(2)19(10-13-26(21,25)31)16-4-7-22(28)32-15-16/h4,7,15,17-21,31H,5-6,8-14H2,1-3H3,(H,29,30)/t17-,18+,19-,20+,21-,24+,25-,26+/m1/s1. The highest BCUT2D eigenvalue weighted by Crippen LogP contribution is 2.70. The maximum atomic E-state index is 12.3. The molecule has 0 aliphatic heterocycles. The first-order valence-electron chi connectivity index (χ1n) is 12.4. The summed E-state index contributed by atoms with van der Waals surface area (Å²) in [5.41, 5.74) is -0.0185. The minimum Gasteiger partial charge on any atom is -0.465 e. The van der Waals surface area contributed by atoms with Crippen molar-refractivity contribution in [2.24, 2.45) is 28.6 Å². The van der Waals surface area contributed by atoms with Gasteiger partial charge in [-0.25, -0.2) is 9.59 Å². The quantitative estimate of drug-likeness (QED) is 0.681. The van der Waals surface area contributed by atoms with E-state index in [0.717, 1.165) is 63.4 Å². The summed E-state index contributed by atoms with van der Waals surface area (Å²) in [7, 11) is 1.71. The average molecular weight is 444 g/mol. The molecule has 0 spiro atoms. The second-order valence-corrected chi connectivity index (χ2v) is 11.7. The fraction of sp³-hybridized carbons (Fsp3) is 0.769. The number of carboxylic acid groups (broad SMARTS) is 1. The highest BCUT2D eigenvalue weighted by molar-refractivity contribution is 5.65. The van der Waals surface area contributed by atoms with E-state index in [4.69, 9.17) is 4.42 Å². The van der Waals surface area contributed by atoms with Crippen molar-refractivity contribution in [2.75, 3.05) is 7.05 Å². The first-order valence-corrected chi connectivity index (χ1v) is 12.4. The molecule has 0 unspecified atom stereocenters. The van der Waals surface area contributed by atoms with Gasteiger partial charge in [0.05, 0.1) is 11.9 Å². The van der Waals surface area contributed by atoms with Crippen LogP contribution in [0.2, 0.25) is 0 Å². The molecule has 1 aromatic heterocycles. The highest BCUT2D eigenvalue weighted by Gasteiger charge is 2.67. The summed E-state index contributed by atoms with van der Waals surface area (Å²) in [6.07, 6.45) is 9.61. The molecule has 6 heteroatoms. The third kappa shape index (κ3) is 2.94. The van der Waals surface area contributed by atoms with Crippen LogP contribution in [-0.4, -0.2) is 39.9 Å². The van der Waals surface area contributed by atoms with E-state index in [1.54, 1.807) is 13.3 Å². The Hall–Kier alpha value is -1.82. The summed E-state index contributed by atoms with van der Waals surface area (Å²) < 4.78 is 5.18. The van der Waals surface area contributed by atoms with Crippen LogP contribution >= 0.6 is 0 Å². The van der Waals surface area contributed by atoms with E-state index in [-0.39, 0.29) is 34.3 Å². The average Bonchev–Trinajstić information content (AvgIpc) is 3.04. The molecule has 6 nitrogen and oxygen atoms in total. The van der Waals surface area contributed by atoms with Gasteiger partial charge in [-0.2, -0.15) is 0 Å². The van der Waals surface area contributed by atoms with E-state index >= 15 is 0 Å². The fourth-order valence-electron chi connectivity index (χ4n) is 8.81. The Morgan fingerprint density at radius 3 is 2.53 bits per heavy atom. The van der Waals surface area contributed by atoms with Crippen LogP contribution in [0.5, 0.6) is 0 Å².